The van der Waals surface area contributed by atoms with Gasteiger partial charge < -0.3 is 14.6 Å². The maximum absolute atomic E-state index is 5.34. The molecule has 0 saturated carbocycles. The van der Waals surface area contributed by atoms with Crippen LogP contribution in [-0.2, 0) is 13.0 Å². The Morgan fingerprint density at radius 1 is 1.33 bits per heavy atom. The van der Waals surface area contributed by atoms with Crippen LogP contribution in [0.15, 0.2) is 28.8 Å². The monoisotopic (exact) mass is 288 g/mol. The van der Waals surface area contributed by atoms with E-state index >= 15 is 0 Å². The minimum Gasteiger partial charge on any atom is -0.497 e. The van der Waals surface area contributed by atoms with Gasteiger partial charge in [-0.15, -0.1) is 0 Å². The summed E-state index contributed by atoms with van der Waals surface area (Å²) in [7, 11) is 1.67. The van der Waals surface area contributed by atoms with E-state index in [9.17, 15) is 0 Å². The van der Waals surface area contributed by atoms with Gasteiger partial charge >= 0.3 is 0 Å². The molecule has 0 atom stereocenters. The Bertz CT molecular complexity index is 579. The molecule has 1 saturated heterocycles. The fourth-order valence-electron chi connectivity index (χ4n) is 2.45. The highest BCUT2D eigenvalue weighted by Gasteiger charge is 2.14. The van der Waals surface area contributed by atoms with Gasteiger partial charge in [-0.2, -0.15) is 4.98 Å². The molecule has 1 aromatic heterocycles. The summed E-state index contributed by atoms with van der Waals surface area (Å²) in [6.07, 6.45) is 0.655. The number of aromatic nitrogens is 2. The van der Waals surface area contributed by atoms with Gasteiger partial charge in [0.05, 0.1) is 13.7 Å². The van der Waals surface area contributed by atoms with Crippen molar-refractivity contribution < 1.29 is 9.26 Å². The number of methoxy groups -OCH3 is 1. The van der Waals surface area contributed by atoms with Crippen LogP contribution in [-0.4, -0.2) is 48.3 Å². The molecule has 1 N–H and O–H groups in total. The van der Waals surface area contributed by atoms with Crippen LogP contribution in [0.3, 0.4) is 0 Å². The Morgan fingerprint density at radius 2 is 2.19 bits per heavy atom. The molecule has 3 rings (SSSR count). The number of nitrogens with zero attached hydrogens (tertiary/aromatic N) is 3. The van der Waals surface area contributed by atoms with Gasteiger partial charge in [0.2, 0.25) is 5.89 Å². The maximum atomic E-state index is 5.34. The predicted molar refractivity (Wildman–Crippen MR) is 78.2 cm³/mol. The summed E-state index contributed by atoms with van der Waals surface area (Å²) in [6, 6.07) is 7.92. The first-order valence-corrected chi connectivity index (χ1v) is 7.21. The van der Waals surface area contributed by atoms with E-state index < -0.39 is 0 Å². The molecular weight excluding hydrogens is 268 g/mol. The van der Waals surface area contributed by atoms with Crippen molar-refractivity contribution in [3.05, 3.63) is 41.5 Å². The Labute approximate surface area is 124 Å². The molecule has 2 heterocycles. The second-order valence-corrected chi connectivity index (χ2v) is 5.16. The first kappa shape index (κ1) is 14.0. The Hall–Kier alpha value is -1.92. The van der Waals surface area contributed by atoms with E-state index in [-0.39, 0.29) is 0 Å². The third-order valence-corrected chi connectivity index (χ3v) is 3.58. The number of piperazine rings is 1. The minimum absolute atomic E-state index is 0.655. The molecule has 0 radical (unpaired) electrons. The van der Waals surface area contributed by atoms with Crippen molar-refractivity contribution in [1.82, 2.24) is 20.4 Å². The fourth-order valence-corrected chi connectivity index (χ4v) is 2.45. The van der Waals surface area contributed by atoms with E-state index in [0.717, 1.165) is 44.0 Å². The molecule has 1 aromatic carbocycles. The van der Waals surface area contributed by atoms with Crippen molar-refractivity contribution in [3.8, 4) is 5.75 Å². The zero-order valence-corrected chi connectivity index (χ0v) is 12.2. The number of hydrogen-bond donors (Lipinski definition) is 1. The molecule has 0 amide bonds. The van der Waals surface area contributed by atoms with E-state index in [1.165, 1.54) is 0 Å². The average Bonchev–Trinajstić information content (AvgIpc) is 2.95. The van der Waals surface area contributed by atoms with Crippen LogP contribution >= 0.6 is 0 Å². The highest BCUT2D eigenvalue weighted by molar-refractivity contribution is 5.30. The summed E-state index contributed by atoms with van der Waals surface area (Å²) in [6.45, 7) is 4.81. The molecule has 0 unspecified atom stereocenters. The van der Waals surface area contributed by atoms with Gasteiger partial charge in [0.15, 0.2) is 5.82 Å². The number of hydrogen-bond acceptors (Lipinski definition) is 6. The summed E-state index contributed by atoms with van der Waals surface area (Å²) in [4.78, 5) is 6.79. The topological polar surface area (TPSA) is 63.4 Å². The average molecular weight is 288 g/mol. The largest absolute Gasteiger partial charge is 0.497 e. The van der Waals surface area contributed by atoms with Crippen molar-refractivity contribution in [1.29, 1.82) is 0 Å². The van der Waals surface area contributed by atoms with Crippen LogP contribution in [0.1, 0.15) is 17.3 Å². The summed E-state index contributed by atoms with van der Waals surface area (Å²) in [5.41, 5.74) is 1.11. The SMILES string of the molecule is COc1cccc(Cc2noc(CN3CCNCC3)n2)c1. The zero-order valence-electron chi connectivity index (χ0n) is 12.2. The number of ether oxygens (including phenoxy) is 1. The van der Waals surface area contributed by atoms with Crippen LogP contribution in [0, 0.1) is 0 Å². The third kappa shape index (κ3) is 3.80. The quantitative estimate of drug-likeness (QED) is 0.888. The molecule has 0 aliphatic carbocycles. The van der Waals surface area contributed by atoms with Gasteiger partial charge in [0.1, 0.15) is 5.75 Å². The van der Waals surface area contributed by atoms with Crippen LogP contribution < -0.4 is 10.1 Å². The Morgan fingerprint density at radius 3 is 3.00 bits per heavy atom. The molecule has 2 aromatic rings. The van der Waals surface area contributed by atoms with Gasteiger partial charge in [-0.25, -0.2) is 0 Å². The highest BCUT2D eigenvalue weighted by atomic mass is 16.5. The first-order chi connectivity index (χ1) is 10.3. The van der Waals surface area contributed by atoms with Gasteiger partial charge in [0, 0.05) is 32.6 Å². The standard InChI is InChI=1S/C15H20N4O2/c1-20-13-4-2-3-12(9-13)10-14-17-15(21-18-14)11-19-7-5-16-6-8-19/h2-4,9,16H,5-8,10-11H2,1H3. The van der Waals surface area contributed by atoms with Crippen molar-refractivity contribution in [2.45, 2.75) is 13.0 Å². The van der Waals surface area contributed by atoms with Crippen LogP contribution in [0.4, 0.5) is 0 Å². The summed E-state index contributed by atoms with van der Waals surface area (Å²) in [5, 5.41) is 7.39. The second-order valence-electron chi connectivity index (χ2n) is 5.16. The number of rotatable bonds is 5. The molecule has 21 heavy (non-hydrogen) atoms. The van der Waals surface area contributed by atoms with Crippen molar-refractivity contribution >= 4 is 0 Å². The van der Waals surface area contributed by atoms with Crippen LogP contribution in [0.25, 0.3) is 0 Å². The normalized spacial score (nSPS) is 16.0. The summed E-state index contributed by atoms with van der Waals surface area (Å²) >= 11 is 0. The van der Waals surface area contributed by atoms with E-state index in [1.807, 2.05) is 24.3 Å². The molecule has 6 nitrogen and oxygen atoms in total. The predicted octanol–water partition coefficient (Wildman–Crippen LogP) is 1.07. The molecule has 6 heteroatoms. The lowest BCUT2D eigenvalue weighted by molar-refractivity contribution is 0.203. The van der Waals surface area contributed by atoms with Crippen molar-refractivity contribution in [2.24, 2.45) is 0 Å². The zero-order chi connectivity index (χ0) is 14.5. The van der Waals surface area contributed by atoms with E-state index in [2.05, 4.69) is 20.4 Å². The summed E-state index contributed by atoms with van der Waals surface area (Å²) < 4.78 is 10.6. The minimum atomic E-state index is 0.655. The number of nitrogens with one attached hydrogen (secondary N) is 1. The highest BCUT2D eigenvalue weighted by Crippen LogP contribution is 2.15. The lowest BCUT2D eigenvalue weighted by atomic mass is 10.1. The van der Waals surface area contributed by atoms with E-state index in [4.69, 9.17) is 9.26 Å². The van der Waals surface area contributed by atoms with E-state index in [0.29, 0.717) is 18.1 Å². The lowest BCUT2D eigenvalue weighted by Gasteiger charge is -2.25. The fraction of sp³-hybridized carbons (Fsp3) is 0.467. The van der Waals surface area contributed by atoms with Gasteiger partial charge in [-0.05, 0) is 17.7 Å². The smallest absolute Gasteiger partial charge is 0.240 e. The Kier molecular flexibility index (Phi) is 4.47. The van der Waals surface area contributed by atoms with Gasteiger partial charge in [-0.3, -0.25) is 4.90 Å². The molecular formula is C15H20N4O2. The summed E-state index contributed by atoms with van der Waals surface area (Å²) in [5.74, 6) is 2.25. The molecule has 0 bridgehead atoms. The molecule has 112 valence electrons. The maximum Gasteiger partial charge on any atom is 0.240 e. The van der Waals surface area contributed by atoms with E-state index in [1.54, 1.807) is 7.11 Å². The molecule has 1 fully saturated rings. The Balaban J connectivity index is 1.61. The van der Waals surface area contributed by atoms with Crippen molar-refractivity contribution in [3.63, 3.8) is 0 Å². The first-order valence-electron chi connectivity index (χ1n) is 7.21. The number of benzene rings is 1. The van der Waals surface area contributed by atoms with Crippen molar-refractivity contribution in [2.75, 3.05) is 33.3 Å². The van der Waals surface area contributed by atoms with Crippen LogP contribution in [0.5, 0.6) is 5.75 Å². The van der Waals surface area contributed by atoms with Crippen LogP contribution in [0.2, 0.25) is 0 Å². The lowest BCUT2D eigenvalue weighted by Crippen LogP contribution is -2.42. The molecule has 1 aliphatic rings. The second kappa shape index (κ2) is 6.69. The van der Waals surface area contributed by atoms with Gasteiger partial charge in [-0.1, -0.05) is 17.3 Å². The third-order valence-electron chi connectivity index (χ3n) is 3.58. The van der Waals surface area contributed by atoms with Gasteiger partial charge in [0.25, 0.3) is 0 Å². The molecule has 0 spiro atoms. The molecule has 1 aliphatic heterocycles.